The number of carbonyl (C=O) groups excluding carboxylic acids is 1. The minimum Gasteiger partial charge on any atom is -0.496 e. The van der Waals surface area contributed by atoms with Crippen molar-refractivity contribution in [2.45, 2.75) is 6.92 Å². The number of nitrogens with zero attached hydrogens (tertiary/aromatic N) is 1. The molecule has 1 aromatic carbocycles. The van der Waals surface area contributed by atoms with E-state index in [1.54, 1.807) is 36.7 Å². The van der Waals surface area contributed by atoms with Crippen LogP contribution in [-0.4, -0.2) is 17.9 Å². The molecule has 0 atom stereocenters. The minimum absolute atomic E-state index is 0.125. The average Bonchev–Trinajstić information content (AvgIpc) is 2.37. The van der Waals surface area contributed by atoms with Crippen molar-refractivity contribution in [1.29, 1.82) is 0 Å². The van der Waals surface area contributed by atoms with E-state index in [0.717, 1.165) is 5.56 Å². The van der Waals surface area contributed by atoms with Gasteiger partial charge in [-0.1, -0.05) is 11.6 Å². The molecule has 4 heteroatoms. The lowest BCUT2D eigenvalue weighted by Crippen LogP contribution is -2.04. The molecule has 2 aromatic rings. The van der Waals surface area contributed by atoms with Gasteiger partial charge in [-0.05, 0) is 36.8 Å². The number of carbonyl (C=O) groups is 1. The molecule has 0 aliphatic rings. The molecule has 3 nitrogen and oxygen atoms in total. The number of ketones is 1. The summed E-state index contributed by atoms with van der Waals surface area (Å²) in [5.74, 6) is 0.341. The number of ether oxygens (including phenoxy) is 1. The number of aromatic nitrogens is 1. The van der Waals surface area contributed by atoms with E-state index in [0.29, 0.717) is 21.9 Å². The van der Waals surface area contributed by atoms with Gasteiger partial charge in [0, 0.05) is 23.0 Å². The Hall–Kier alpha value is -1.87. The third-order valence-electron chi connectivity index (χ3n) is 2.55. The summed E-state index contributed by atoms with van der Waals surface area (Å²) < 4.78 is 5.17. The van der Waals surface area contributed by atoms with E-state index in [9.17, 15) is 4.79 Å². The van der Waals surface area contributed by atoms with E-state index in [2.05, 4.69) is 4.98 Å². The van der Waals surface area contributed by atoms with Gasteiger partial charge in [0.15, 0.2) is 5.78 Å². The van der Waals surface area contributed by atoms with E-state index >= 15 is 0 Å². The molecule has 92 valence electrons. The van der Waals surface area contributed by atoms with Crippen LogP contribution in [0.3, 0.4) is 0 Å². The molecule has 0 bridgehead atoms. The van der Waals surface area contributed by atoms with Crippen LogP contribution in [0.15, 0.2) is 36.7 Å². The van der Waals surface area contributed by atoms with Gasteiger partial charge in [0.05, 0.1) is 12.7 Å². The summed E-state index contributed by atoms with van der Waals surface area (Å²) in [5.41, 5.74) is 1.96. The van der Waals surface area contributed by atoms with Gasteiger partial charge in [-0.3, -0.25) is 9.78 Å². The molecule has 0 N–H and O–H groups in total. The Balaban J connectivity index is 2.46. The fourth-order valence-corrected chi connectivity index (χ4v) is 1.85. The molecule has 2 rings (SSSR count). The van der Waals surface area contributed by atoms with Crippen molar-refractivity contribution in [3.05, 3.63) is 58.4 Å². The molecule has 0 aliphatic heterocycles. The Bertz CT molecular complexity index is 596. The molecular weight excluding hydrogens is 250 g/mol. The van der Waals surface area contributed by atoms with Crippen LogP contribution < -0.4 is 4.74 Å². The molecule has 0 aliphatic carbocycles. The minimum atomic E-state index is -0.125. The second-order valence-corrected chi connectivity index (χ2v) is 4.36. The first-order chi connectivity index (χ1) is 8.61. The van der Waals surface area contributed by atoms with Crippen LogP contribution in [-0.2, 0) is 0 Å². The summed E-state index contributed by atoms with van der Waals surface area (Å²) in [6.07, 6.45) is 3.25. The Morgan fingerprint density at radius 2 is 2.06 bits per heavy atom. The summed E-state index contributed by atoms with van der Waals surface area (Å²) in [5, 5.41) is 0.533. The van der Waals surface area contributed by atoms with Crippen LogP contribution in [0.5, 0.6) is 5.75 Å². The largest absolute Gasteiger partial charge is 0.496 e. The summed E-state index contributed by atoms with van der Waals surface area (Å²) in [7, 11) is 1.51. The fourth-order valence-electron chi connectivity index (χ4n) is 1.69. The van der Waals surface area contributed by atoms with Gasteiger partial charge >= 0.3 is 0 Å². The maximum Gasteiger partial charge on any atom is 0.198 e. The first-order valence-corrected chi connectivity index (χ1v) is 5.79. The molecule has 0 unspecified atom stereocenters. The van der Waals surface area contributed by atoms with Crippen molar-refractivity contribution in [3.63, 3.8) is 0 Å². The monoisotopic (exact) mass is 261 g/mol. The maximum absolute atomic E-state index is 12.3. The number of halogens is 1. The Morgan fingerprint density at radius 3 is 2.72 bits per heavy atom. The van der Waals surface area contributed by atoms with Crippen LogP contribution in [0.4, 0.5) is 0 Å². The third kappa shape index (κ3) is 2.51. The molecule has 0 saturated carbocycles. The topological polar surface area (TPSA) is 39.2 Å². The predicted molar refractivity (Wildman–Crippen MR) is 70.4 cm³/mol. The highest BCUT2D eigenvalue weighted by Gasteiger charge is 2.15. The van der Waals surface area contributed by atoms with E-state index in [4.69, 9.17) is 16.3 Å². The van der Waals surface area contributed by atoms with Gasteiger partial charge in [0.2, 0.25) is 0 Å². The molecule has 18 heavy (non-hydrogen) atoms. The van der Waals surface area contributed by atoms with Crippen LogP contribution in [0.25, 0.3) is 0 Å². The normalized spacial score (nSPS) is 10.2. The molecule has 0 saturated heterocycles. The molecule has 0 spiro atoms. The van der Waals surface area contributed by atoms with Crippen LogP contribution >= 0.6 is 11.6 Å². The van der Waals surface area contributed by atoms with Crippen molar-refractivity contribution in [3.8, 4) is 5.75 Å². The van der Waals surface area contributed by atoms with Gasteiger partial charge in [-0.2, -0.15) is 0 Å². The zero-order chi connectivity index (χ0) is 13.1. The maximum atomic E-state index is 12.3. The number of benzene rings is 1. The standard InChI is InChI=1S/C14H12ClNO2/c1-9-5-10(8-16-7-9)14(17)12-4-3-11(15)6-13(12)18-2/h3-8H,1-2H3. The first-order valence-electron chi connectivity index (χ1n) is 5.41. The average molecular weight is 262 g/mol. The number of methoxy groups -OCH3 is 1. The Morgan fingerprint density at radius 1 is 1.28 bits per heavy atom. The van der Waals surface area contributed by atoms with Crippen molar-refractivity contribution in [2.24, 2.45) is 0 Å². The number of hydrogen-bond donors (Lipinski definition) is 0. The number of aryl methyl sites for hydroxylation is 1. The smallest absolute Gasteiger partial charge is 0.198 e. The van der Waals surface area contributed by atoms with Crippen LogP contribution in [0.1, 0.15) is 21.5 Å². The van der Waals surface area contributed by atoms with Gasteiger partial charge in [0.25, 0.3) is 0 Å². The van der Waals surface area contributed by atoms with Crippen molar-refractivity contribution >= 4 is 17.4 Å². The lowest BCUT2D eigenvalue weighted by Gasteiger charge is -2.08. The van der Waals surface area contributed by atoms with Crippen molar-refractivity contribution in [1.82, 2.24) is 4.98 Å². The zero-order valence-corrected chi connectivity index (χ0v) is 10.9. The Labute approximate surface area is 110 Å². The molecule has 1 heterocycles. The summed E-state index contributed by atoms with van der Waals surface area (Å²) in [6.45, 7) is 1.89. The van der Waals surface area contributed by atoms with Crippen molar-refractivity contribution < 1.29 is 9.53 Å². The lowest BCUT2D eigenvalue weighted by atomic mass is 10.0. The van der Waals surface area contributed by atoms with E-state index < -0.39 is 0 Å². The molecule has 0 amide bonds. The molecule has 1 aromatic heterocycles. The molecule has 0 radical (unpaired) electrons. The predicted octanol–water partition coefficient (Wildman–Crippen LogP) is 3.28. The van der Waals surface area contributed by atoms with Crippen LogP contribution in [0, 0.1) is 6.92 Å². The lowest BCUT2D eigenvalue weighted by molar-refractivity contribution is 0.103. The molecule has 0 fully saturated rings. The highest BCUT2D eigenvalue weighted by Crippen LogP contribution is 2.25. The Kier molecular flexibility index (Phi) is 3.63. The van der Waals surface area contributed by atoms with Gasteiger partial charge < -0.3 is 4.74 Å². The first kappa shape index (κ1) is 12.6. The number of rotatable bonds is 3. The molecular formula is C14H12ClNO2. The van der Waals surface area contributed by atoms with Crippen LogP contribution in [0.2, 0.25) is 5.02 Å². The summed E-state index contributed by atoms with van der Waals surface area (Å²) in [4.78, 5) is 16.3. The number of pyridine rings is 1. The van der Waals surface area contributed by atoms with E-state index in [-0.39, 0.29) is 5.78 Å². The fraction of sp³-hybridized carbons (Fsp3) is 0.143. The summed E-state index contributed by atoms with van der Waals surface area (Å²) >= 11 is 5.87. The summed E-state index contributed by atoms with van der Waals surface area (Å²) in [6, 6.07) is 6.74. The number of hydrogen-bond acceptors (Lipinski definition) is 3. The van der Waals surface area contributed by atoms with Crippen molar-refractivity contribution in [2.75, 3.05) is 7.11 Å². The van der Waals surface area contributed by atoms with Gasteiger partial charge in [0.1, 0.15) is 5.75 Å². The second kappa shape index (κ2) is 5.19. The highest BCUT2D eigenvalue weighted by atomic mass is 35.5. The SMILES string of the molecule is COc1cc(Cl)ccc1C(=O)c1cncc(C)c1. The van der Waals surface area contributed by atoms with Gasteiger partial charge in [-0.25, -0.2) is 0 Å². The third-order valence-corrected chi connectivity index (χ3v) is 2.78. The quantitative estimate of drug-likeness (QED) is 0.796. The van der Waals surface area contributed by atoms with E-state index in [1.807, 2.05) is 6.92 Å². The highest BCUT2D eigenvalue weighted by molar-refractivity contribution is 6.31. The zero-order valence-electron chi connectivity index (χ0n) is 10.1. The van der Waals surface area contributed by atoms with Gasteiger partial charge in [-0.15, -0.1) is 0 Å². The van der Waals surface area contributed by atoms with E-state index in [1.165, 1.54) is 7.11 Å². The second-order valence-electron chi connectivity index (χ2n) is 3.92.